The molecule has 0 heterocycles. The number of anilines is 1. The first-order chi connectivity index (χ1) is 38.0. The second-order valence-corrected chi connectivity index (χ2v) is 30.4. The van der Waals surface area contributed by atoms with Gasteiger partial charge in [-0.1, -0.05) is 142 Å². The average molecular weight is 1210 g/mol. The van der Waals surface area contributed by atoms with E-state index in [0.717, 1.165) is 62.8 Å². The topological polar surface area (TPSA) is 191 Å². The van der Waals surface area contributed by atoms with Crippen LogP contribution in [0.1, 0.15) is 74.2 Å². The van der Waals surface area contributed by atoms with Crippen molar-refractivity contribution in [1.82, 2.24) is 0 Å². The minimum Gasteiger partial charge on any atom is -0.372 e. The largest absolute Gasteiger partial charge is 0.372 e. The van der Waals surface area contributed by atoms with E-state index >= 15 is 0 Å². The van der Waals surface area contributed by atoms with Crippen LogP contribution in [0.25, 0.3) is 28.0 Å². The molecule has 17 heteroatoms. The Morgan fingerprint density at radius 3 is 1.26 bits per heavy atom. The number of carbonyl (C=O) groups excluding carboxylic acids is 1. The quantitative estimate of drug-likeness (QED) is 0.112. The fraction of sp³-hybridized carbons (Fsp3) is 0.246. The molecular formula is C65H77NO11S5. The molecule has 8 aromatic rings. The van der Waals surface area contributed by atoms with Crippen LogP contribution in [-0.4, -0.2) is 92.2 Å². The number of hydrogen-bond acceptors (Lipinski definition) is 12. The molecule has 8 aromatic carbocycles. The minimum absolute atomic E-state index is 0.0655. The average Bonchev–Trinajstić information content (AvgIpc) is 3.41. The summed E-state index contributed by atoms with van der Waals surface area (Å²) in [5, 5.41) is 3.21. The van der Waals surface area contributed by atoms with Crippen LogP contribution in [0.3, 0.4) is 0 Å². The summed E-state index contributed by atoms with van der Waals surface area (Å²) < 4.78 is 111. The Labute approximate surface area is 489 Å². The van der Waals surface area contributed by atoms with Crippen LogP contribution in [0.5, 0.6) is 0 Å². The van der Waals surface area contributed by atoms with Crippen molar-refractivity contribution in [1.29, 1.82) is 0 Å². The highest BCUT2D eigenvalue weighted by atomic mass is 32.2. The van der Waals surface area contributed by atoms with Gasteiger partial charge >= 0.3 is 0 Å². The Bertz CT molecular complexity index is 3930. The summed E-state index contributed by atoms with van der Waals surface area (Å²) in [4.78, 5) is 14.8. The van der Waals surface area contributed by atoms with Gasteiger partial charge in [0.05, 0.1) is 19.6 Å². The van der Waals surface area contributed by atoms with Gasteiger partial charge in [-0.2, -0.15) is 0 Å². The minimum atomic E-state index is -3.10. The molecule has 438 valence electrons. The summed E-state index contributed by atoms with van der Waals surface area (Å²) in [6.45, 7) is 17.9. The van der Waals surface area contributed by atoms with E-state index in [1.165, 1.54) is 42.4 Å². The number of hydrogen-bond donors (Lipinski definition) is 0. The lowest BCUT2D eigenvalue weighted by Crippen LogP contribution is -2.21. The van der Waals surface area contributed by atoms with Gasteiger partial charge in [-0.15, -0.1) is 0 Å². The Kier molecular flexibility index (Phi) is 26.1. The highest BCUT2D eigenvalue weighted by Crippen LogP contribution is 2.24. The van der Waals surface area contributed by atoms with Gasteiger partial charge in [0.25, 0.3) is 0 Å². The highest BCUT2D eigenvalue weighted by Gasteiger charge is 2.15. The maximum absolute atomic E-state index is 11.3. The van der Waals surface area contributed by atoms with E-state index in [9.17, 15) is 46.9 Å². The molecule has 0 aromatic heterocycles. The van der Waals surface area contributed by atoms with Crippen LogP contribution in [0, 0.1) is 13.8 Å². The van der Waals surface area contributed by atoms with Crippen LogP contribution in [0.2, 0.25) is 0 Å². The molecule has 0 saturated carbocycles. The van der Waals surface area contributed by atoms with Crippen LogP contribution in [0.4, 0.5) is 5.69 Å². The number of nitrogens with zero attached hydrogens (tertiary/aromatic N) is 1. The van der Waals surface area contributed by atoms with Gasteiger partial charge in [0.1, 0.15) is 0 Å². The van der Waals surface area contributed by atoms with E-state index in [0.29, 0.717) is 19.6 Å². The molecule has 8 rings (SSSR count). The first-order valence-electron chi connectivity index (χ1n) is 25.9. The predicted octanol–water partition coefficient (Wildman–Crippen LogP) is 13.5. The lowest BCUT2D eigenvalue weighted by atomic mass is 9.87. The van der Waals surface area contributed by atoms with E-state index in [1.807, 2.05) is 159 Å². The molecule has 0 aliphatic carbocycles. The first kappa shape index (κ1) is 69.2. The van der Waals surface area contributed by atoms with E-state index in [-0.39, 0.29) is 11.2 Å². The summed E-state index contributed by atoms with van der Waals surface area (Å²) in [6, 6.07) is 59.1. The Morgan fingerprint density at radius 2 is 0.841 bits per heavy atom. The molecule has 0 bridgehead atoms. The summed E-state index contributed by atoms with van der Waals surface area (Å²) in [5.74, 6) is 0.121. The molecule has 0 unspecified atom stereocenters. The third-order valence-electron chi connectivity index (χ3n) is 12.0. The molecular weight excluding hydrogens is 1130 g/mol. The molecule has 0 saturated heterocycles. The van der Waals surface area contributed by atoms with Crippen molar-refractivity contribution in [2.45, 2.75) is 80.4 Å². The highest BCUT2D eigenvalue weighted by molar-refractivity contribution is 7.93. The van der Waals surface area contributed by atoms with Crippen molar-refractivity contribution in [3.63, 3.8) is 0 Å². The standard InChI is InChI=1S/C13H12O2S.C12H17NO.C11H10O2S.C11H16O2S.C9H12O2S.C9H10O2S/c1-16(14,15)13-9-7-12(8-10-13)11-5-3-2-4-6-11;1-4-13(5-2)12-8-6-11(7-9-12)10(3)14;1-14(12,13)11-7-6-9-4-2-3-5-10(9)8-11;1-11(2,3)9-5-7-10(8-6-9)14(4,12)13;1-7-4-8(2)6-9(5-7)12(3,10)11;1-12(10,11)8-7-9-5-3-2-4-6-9/h2-10H,1H3;6-9H,4-5H2,1-3H3;2-8H,1H3;5-8H,1-4H3;4-6H,1-3H3;2-8H,1H3/b;;;;;8-7+. The van der Waals surface area contributed by atoms with Gasteiger partial charge in [-0.05, 0) is 163 Å². The zero-order valence-electron chi connectivity index (χ0n) is 49.0. The van der Waals surface area contributed by atoms with E-state index in [1.54, 1.807) is 61.5 Å². The molecule has 0 fully saturated rings. The fourth-order valence-electron chi connectivity index (χ4n) is 7.53. The zero-order valence-corrected chi connectivity index (χ0v) is 53.1. The molecule has 0 N–H and O–H groups in total. The van der Waals surface area contributed by atoms with Crippen LogP contribution in [0.15, 0.2) is 219 Å². The SMILES string of the molecule is CC(C)(C)c1ccc(S(C)(=O)=O)cc1.CCN(CC)c1ccc(C(C)=O)cc1.CS(=O)(=O)/C=C/c1ccccc1.CS(=O)(=O)c1ccc(-c2ccccc2)cc1.CS(=O)(=O)c1ccc2ccccc2c1.Cc1cc(C)cc(S(C)(=O)=O)c1. The lowest BCUT2D eigenvalue weighted by Gasteiger charge is -2.20. The number of ketones is 1. The number of carbonyl (C=O) groups is 1. The summed E-state index contributed by atoms with van der Waals surface area (Å²) in [6.07, 6.45) is 7.63. The van der Waals surface area contributed by atoms with Gasteiger partial charge < -0.3 is 4.90 Å². The number of rotatable bonds is 11. The van der Waals surface area contributed by atoms with E-state index in [4.69, 9.17) is 0 Å². The Balaban J connectivity index is 0.000000259. The number of benzene rings is 8. The van der Waals surface area contributed by atoms with Gasteiger partial charge in [-0.3, -0.25) is 4.79 Å². The molecule has 82 heavy (non-hydrogen) atoms. The van der Waals surface area contributed by atoms with Crippen molar-refractivity contribution in [2.75, 3.05) is 49.3 Å². The summed E-state index contributed by atoms with van der Waals surface area (Å²) in [5.41, 5.74) is 8.13. The van der Waals surface area contributed by atoms with Crippen molar-refractivity contribution in [3.05, 3.63) is 227 Å². The van der Waals surface area contributed by atoms with Crippen molar-refractivity contribution < 1.29 is 46.9 Å². The Hall–Kier alpha value is -7.02. The number of Topliss-reactive ketones (excluding diaryl/α,β-unsaturated/α-hetero) is 1. The van der Waals surface area contributed by atoms with Gasteiger partial charge in [0.15, 0.2) is 55.0 Å². The van der Waals surface area contributed by atoms with Crippen LogP contribution < -0.4 is 4.90 Å². The first-order valence-corrected chi connectivity index (χ1v) is 35.5. The smallest absolute Gasteiger partial charge is 0.175 e. The van der Waals surface area contributed by atoms with Crippen molar-refractivity contribution >= 4 is 77.5 Å². The molecule has 0 aliphatic rings. The molecule has 0 amide bonds. The second kappa shape index (κ2) is 30.9. The lowest BCUT2D eigenvalue weighted by molar-refractivity contribution is 0.101. The summed E-state index contributed by atoms with van der Waals surface area (Å²) >= 11 is 0. The maximum atomic E-state index is 11.3. The number of fused-ring (bicyclic) bond motifs is 1. The molecule has 0 atom stereocenters. The molecule has 12 nitrogen and oxygen atoms in total. The normalized spacial score (nSPS) is 11.6. The maximum Gasteiger partial charge on any atom is 0.175 e. The van der Waals surface area contributed by atoms with Gasteiger partial charge in [-0.25, -0.2) is 42.1 Å². The van der Waals surface area contributed by atoms with Crippen molar-refractivity contribution in [2.24, 2.45) is 0 Å². The van der Waals surface area contributed by atoms with E-state index < -0.39 is 49.2 Å². The van der Waals surface area contributed by atoms with E-state index in [2.05, 4.69) is 39.5 Å². The van der Waals surface area contributed by atoms with Gasteiger partial charge in [0, 0.05) is 61.0 Å². The fourth-order valence-corrected chi connectivity index (χ4v) is 10.7. The zero-order chi connectivity index (χ0) is 61.7. The molecule has 0 spiro atoms. The Morgan fingerprint density at radius 1 is 0.439 bits per heavy atom. The third-order valence-corrected chi connectivity index (χ3v) is 17.1. The number of sulfone groups is 5. The monoisotopic (exact) mass is 1210 g/mol. The second-order valence-electron chi connectivity index (χ2n) is 20.4. The van der Waals surface area contributed by atoms with Gasteiger partial charge in [0.2, 0.25) is 0 Å². The van der Waals surface area contributed by atoms with Crippen molar-refractivity contribution in [3.8, 4) is 11.1 Å². The van der Waals surface area contributed by atoms with Crippen LogP contribution in [-0.2, 0) is 54.6 Å². The third kappa shape index (κ3) is 25.0. The molecule has 0 radical (unpaired) electrons. The molecule has 0 aliphatic heterocycles. The van der Waals surface area contributed by atoms with Crippen LogP contribution >= 0.6 is 0 Å². The summed E-state index contributed by atoms with van der Waals surface area (Å²) in [7, 11) is -15.3. The predicted molar refractivity (Wildman–Crippen MR) is 340 cm³/mol. The number of aryl methyl sites for hydroxylation is 2.